The average molecular weight is 1940 g/mol. The van der Waals surface area contributed by atoms with Crippen molar-refractivity contribution in [3.05, 3.63) is 294 Å². The zero-order chi connectivity index (χ0) is 99.6. The maximum Gasteiger partial charge on any atom is 0.258 e. The number of methoxy groups -OCH3 is 1. The molecule has 6 fully saturated rings. The lowest BCUT2D eigenvalue weighted by Crippen LogP contribution is -2.42. The first-order valence-corrected chi connectivity index (χ1v) is 48.8. The van der Waals surface area contributed by atoms with Gasteiger partial charge in [0.1, 0.15) is 50.3 Å². The SMILES string of the molecule is COc1ccc(-c2cc(=O)n3cc(N(C)[C@@H]4CCN(C)C4)ccc3n2)cc1F.Cc1nc2ccc(-c3cc(=O)n4cc(N5CCC(N(C)C)CC5)ccc4n3)cc2o1.Cc1nc2ccc(-c3cc(=O)n4cc(N5CCC(N)CC5)ccc4n3)cc2o1.Cc1nc2ccc(-c3cc(=O)n4cc(N5CC[C@H](N(C)C)C5)ccc4n3)cc2o1.Cc1nc2ccc(-c3cc(=O)n4cc(N5C[C@H]6CNC[C@H]6C5)ccc4n3)cc2o1. The van der Waals surface area contributed by atoms with Gasteiger partial charge in [-0.05, 0) is 220 Å². The molecule has 6 aliphatic rings. The molecule has 0 unspecified atom stereocenters. The van der Waals surface area contributed by atoms with Gasteiger partial charge in [0, 0.05) is 220 Å². The molecule has 0 aliphatic carbocycles. The molecule has 6 saturated heterocycles. The molecule has 0 spiro atoms. The lowest BCUT2D eigenvalue weighted by molar-refractivity contribution is 0.249. The van der Waals surface area contributed by atoms with Crippen LogP contribution in [0.4, 0.5) is 32.8 Å². The lowest BCUT2D eigenvalue weighted by Gasteiger charge is -2.36. The van der Waals surface area contributed by atoms with E-state index in [4.69, 9.17) is 43.1 Å². The van der Waals surface area contributed by atoms with Crippen LogP contribution in [0, 0.1) is 45.3 Å². The number of fused-ring (bicyclic) bond motifs is 10. The van der Waals surface area contributed by atoms with Gasteiger partial charge in [0.05, 0.1) is 64.0 Å². The van der Waals surface area contributed by atoms with Gasteiger partial charge in [-0.2, -0.15) is 0 Å². The number of halogens is 1. The second kappa shape index (κ2) is 39.7. The molecule has 0 saturated carbocycles. The van der Waals surface area contributed by atoms with Crippen molar-refractivity contribution >= 4 is 101 Å². The van der Waals surface area contributed by atoms with E-state index in [-0.39, 0.29) is 39.6 Å². The van der Waals surface area contributed by atoms with E-state index in [1.54, 1.807) is 47.9 Å². The summed E-state index contributed by atoms with van der Waals surface area (Å²) in [6.07, 6.45) is 15.8. The number of nitrogens with zero attached hydrogens (tertiary/aromatic N) is 22. The van der Waals surface area contributed by atoms with Gasteiger partial charge in [-0.15, -0.1) is 0 Å². The molecule has 3 N–H and O–H groups in total. The van der Waals surface area contributed by atoms with Crippen LogP contribution >= 0.6 is 0 Å². The number of hydrogen-bond acceptors (Lipinski definition) is 29. The Kier molecular flexibility index (Phi) is 26.0. The second-order valence-electron chi connectivity index (χ2n) is 38.7. The number of pyridine rings is 5. The van der Waals surface area contributed by atoms with Crippen LogP contribution in [0.15, 0.2) is 255 Å². The Balaban J connectivity index is 0.000000106. The third kappa shape index (κ3) is 19.8. The van der Waals surface area contributed by atoms with Crippen LogP contribution in [-0.4, -0.2) is 234 Å². The fraction of sp³-hybridized carbons (Fsp3) is 0.321. The summed E-state index contributed by atoms with van der Waals surface area (Å²) in [6, 6.07) is 56.6. The van der Waals surface area contributed by atoms with Gasteiger partial charge in [-0.25, -0.2) is 49.2 Å². The molecule has 6 aliphatic heterocycles. The smallest absolute Gasteiger partial charge is 0.258 e. The number of nitrogens with one attached hydrogen (secondary N) is 1. The standard InChI is InChI=1S/C23H25N5O2.C22H21N5O2.C22H23N5O2.C21H23FN4O2.C21H21N5O2/c1-15-24-19-6-4-16(12-21(19)30-15)20-13-23(29)28-14-18(5-7-22(28)25-20)27-10-8-17(9-11-27)26(2)3;1-13-24-18-4-2-14(6-20(18)29-13)19-7-22(28)27-12-17(3-5-21(27)25-19)26-10-15-8-23-9-16(15)11-26;1-14-23-18-6-4-15(10-20(18)29-14)19-11-22(28)27-13-17(5-7-21(27)24-19)26-9-8-16(12-26)25(2)3;1-24-9-8-16(12-24)25(2)15-5-7-20-23-18(11-21(27)26(20)13-15)14-4-6-19(28-3)17(22)10-14;1-13-23-17-4-2-14(10-19(17)28-13)18-11-21(27)26-12-16(3-5-20(26)24-18)25-8-6-15(22)7-9-25/h4-7,12-14,17H,8-11H2,1-3H3;2-7,12,15-16,23H,8-11H2,1H3;4-7,10-11,13,16H,8-9,12H2,1-3H3;4-7,10-11,13,16H,8-9,12H2,1-3H3;2-5,10-12,15H,6-9,22H2,1H3/t;15-,16+;2*16-;/m..01./s1. The fourth-order valence-corrected chi connectivity index (χ4v) is 20.5. The third-order valence-corrected chi connectivity index (χ3v) is 28.6. The van der Waals surface area contributed by atoms with Crippen molar-refractivity contribution in [2.75, 3.05) is 152 Å². The molecule has 736 valence electrons. The van der Waals surface area contributed by atoms with Crippen LogP contribution in [0.5, 0.6) is 5.75 Å². The van der Waals surface area contributed by atoms with E-state index in [2.05, 4.69) is 129 Å². The topological polar surface area (TPSA) is 349 Å². The molecule has 144 heavy (non-hydrogen) atoms. The molecule has 20 heterocycles. The van der Waals surface area contributed by atoms with E-state index in [9.17, 15) is 28.4 Å². The number of hydrogen-bond donors (Lipinski definition) is 2. The van der Waals surface area contributed by atoms with E-state index < -0.39 is 5.82 Å². The van der Waals surface area contributed by atoms with Gasteiger partial charge in [-0.1, -0.05) is 24.3 Å². The summed E-state index contributed by atoms with van der Waals surface area (Å²) >= 11 is 0. The van der Waals surface area contributed by atoms with Crippen LogP contribution in [0.25, 0.3) is 129 Å². The second-order valence-corrected chi connectivity index (χ2v) is 38.7. The number of oxazole rings is 4. The predicted octanol–water partition coefficient (Wildman–Crippen LogP) is 14.1. The Morgan fingerprint density at radius 3 is 1.03 bits per heavy atom. The molecular formula is C109H113FN24O10. The largest absolute Gasteiger partial charge is 0.494 e. The number of ether oxygens (including phenoxy) is 1. The monoisotopic (exact) mass is 1940 g/mol. The van der Waals surface area contributed by atoms with Crippen LogP contribution in [0.3, 0.4) is 0 Å². The Bertz CT molecular complexity index is 8420. The number of aromatic nitrogens is 14. The third-order valence-electron chi connectivity index (χ3n) is 28.6. The van der Waals surface area contributed by atoms with Crippen LogP contribution in [0.1, 0.15) is 62.1 Å². The minimum absolute atomic E-state index is 0.0817. The average Bonchev–Trinajstić information content (AvgIpc) is 1.67. The summed E-state index contributed by atoms with van der Waals surface area (Å²) in [4.78, 5) is 123. The number of nitrogens with two attached hydrogens (primary N) is 1. The van der Waals surface area contributed by atoms with Crippen molar-refractivity contribution < 1.29 is 26.8 Å². The van der Waals surface area contributed by atoms with Gasteiger partial charge in [0.15, 0.2) is 57.5 Å². The minimum atomic E-state index is -0.486. The zero-order valence-corrected chi connectivity index (χ0v) is 82.3. The Hall–Kier alpha value is -15.7. The number of piperidine rings is 2. The van der Waals surface area contributed by atoms with Gasteiger partial charge < -0.3 is 72.7 Å². The summed E-state index contributed by atoms with van der Waals surface area (Å²) in [5.74, 6) is 3.57. The highest BCUT2D eigenvalue weighted by Crippen LogP contribution is 2.36. The Labute approximate surface area is 826 Å². The highest BCUT2D eigenvalue weighted by atomic mass is 19.1. The van der Waals surface area contributed by atoms with Crippen LogP contribution in [-0.2, 0) is 0 Å². The van der Waals surface area contributed by atoms with E-state index >= 15 is 0 Å². The summed E-state index contributed by atoms with van der Waals surface area (Å²) in [7, 11) is 14.1. The summed E-state index contributed by atoms with van der Waals surface area (Å²) in [5, 5.41) is 3.47. The number of anilines is 5. The molecule has 34 nitrogen and oxygen atoms in total. The maximum atomic E-state index is 14.0. The van der Waals surface area contributed by atoms with Gasteiger partial charge in [-0.3, -0.25) is 46.0 Å². The maximum absolute atomic E-state index is 14.0. The van der Waals surface area contributed by atoms with Gasteiger partial charge in [0.2, 0.25) is 0 Å². The van der Waals surface area contributed by atoms with Gasteiger partial charge in [0.25, 0.3) is 27.8 Å². The molecule has 14 aromatic heterocycles. The van der Waals surface area contributed by atoms with Crippen molar-refractivity contribution in [2.45, 2.75) is 90.4 Å². The van der Waals surface area contributed by atoms with Crippen LogP contribution in [0.2, 0.25) is 0 Å². The van der Waals surface area contributed by atoms with Crippen molar-refractivity contribution in [1.82, 2.24) is 86.9 Å². The molecule has 35 heteroatoms. The number of aryl methyl sites for hydroxylation is 4. The van der Waals surface area contributed by atoms with Crippen LogP contribution < -0.4 is 68.1 Å². The summed E-state index contributed by atoms with van der Waals surface area (Å²) < 4.78 is 49.5. The van der Waals surface area contributed by atoms with E-state index in [0.717, 1.165) is 190 Å². The minimum Gasteiger partial charge on any atom is -0.494 e. The first-order valence-electron chi connectivity index (χ1n) is 48.8. The Morgan fingerprint density at radius 1 is 0.354 bits per heavy atom. The predicted molar refractivity (Wildman–Crippen MR) is 559 cm³/mol. The molecule has 19 aromatic rings. The van der Waals surface area contributed by atoms with Crippen molar-refractivity contribution in [2.24, 2.45) is 17.6 Å². The fourth-order valence-electron chi connectivity index (χ4n) is 20.5. The molecule has 4 atom stereocenters. The van der Waals surface area contributed by atoms with E-state index in [1.807, 2.05) is 180 Å². The Morgan fingerprint density at radius 2 is 0.681 bits per heavy atom. The molecular weight excluding hydrogens is 1820 g/mol. The van der Waals surface area contributed by atoms with E-state index in [0.29, 0.717) is 138 Å². The number of likely N-dealkylation sites (N-methyl/N-ethyl adjacent to an activating group) is 3. The molecule has 5 aromatic carbocycles. The first kappa shape index (κ1) is 94.5. The summed E-state index contributed by atoms with van der Waals surface area (Å²) in [5.41, 5.74) is 26.5. The molecule has 0 bridgehead atoms. The highest BCUT2D eigenvalue weighted by Gasteiger charge is 2.37. The molecule has 0 amide bonds. The lowest BCUT2D eigenvalue weighted by atomic mass is 10.0. The quantitative estimate of drug-likeness (QED) is 0.102. The van der Waals surface area contributed by atoms with E-state index in [1.165, 1.54) is 29.7 Å². The zero-order valence-electron chi connectivity index (χ0n) is 82.3. The number of rotatable bonds is 14. The van der Waals surface area contributed by atoms with Crippen molar-refractivity contribution in [1.29, 1.82) is 0 Å². The van der Waals surface area contributed by atoms with Gasteiger partial charge >= 0.3 is 0 Å². The molecule has 0 radical (unpaired) electrons. The number of benzene rings is 5. The van der Waals surface area contributed by atoms with Crippen molar-refractivity contribution in [3.8, 4) is 62.0 Å². The first-order chi connectivity index (χ1) is 69.6. The molecule has 25 rings (SSSR count). The number of likely N-dealkylation sites (tertiary alicyclic amines) is 1. The summed E-state index contributed by atoms with van der Waals surface area (Å²) in [6.45, 7) is 19.4. The highest BCUT2D eigenvalue weighted by molar-refractivity contribution is 5.84. The van der Waals surface area contributed by atoms with Crippen molar-refractivity contribution in [3.63, 3.8) is 0 Å². The normalized spacial score (nSPS) is 17.4.